The molecule has 4 aromatic carbocycles. The van der Waals surface area contributed by atoms with Crippen LogP contribution in [0.15, 0.2) is 97.1 Å². The monoisotopic (exact) mass is 562 g/mol. The Bertz CT molecular complexity index is 1150. The molecule has 36 heavy (non-hydrogen) atoms. The van der Waals surface area contributed by atoms with Gasteiger partial charge in [0.1, 0.15) is 0 Å². The third-order valence-corrected chi connectivity index (χ3v) is 6.54. The quantitative estimate of drug-likeness (QED) is 0.196. The number of nitrogens with two attached hydrogens (primary N) is 2. The molecule has 0 saturated heterocycles. The number of aliphatic hydroxyl groups is 2. The van der Waals surface area contributed by atoms with Gasteiger partial charge < -0.3 is 21.7 Å². The van der Waals surface area contributed by atoms with Gasteiger partial charge in [0.05, 0.1) is 24.3 Å². The van der Waals surface area contributed by atoms with Gasteiger partial charge >= 0.3 is 0 Å². The highest BCUT2D eigenvalue weighted by Crippen LogP contribution is 2.30. The molecule has 0 aliphatic rings. The molecule has 0 radical (unpaired) electrons. The lowest BCUT2D eigenvalue weighted by molar-refractivity contribution is 0.147. The van der Waals surface area contributed by atoms with Crippen LogP contribution in [0.1, 0.15) is 46.5 Å². The summed E-state index contributed by atoms with van der Waals surface area (Å²) < 4.78 is 0. The summed E-state index contributed by atoms with van der Waals surface area (Å²) in [6.07, 6.45) is -1.60. The van der Waals surface area contributed by atoms with Crippen LogP contribution in [0.25, 0.3) is 0 Å². The first-order valence-corrected chi connectivity index (χ1v) is 12.6. The molecule has 0 unspecified atom stereocenters. The molecule has 6 N–H and O–H groups in total. The maximum atomic E-state index is 10.2. The van der Waals surface area contributed by atoms with Crippen molar-refractivity contribution in [2.75, 3.05) is 0 Å². The van der Waals surface area contributed by atoms with Gasteiger partial charge in [-0.2, -0.15) is 0 Å². The first-order valence-electron chi connectivity index (χ1n) is 11.0. The predicted molar refractivity (Wildman–Crippen MR) is 150 cm³/mol. The lowest BCUT2D eigenvalue weighted by atomic mass is 9.97. The van der Waals surface area contributed by atoms with Gasteiger partial charge in [-0.25, -0.2) is 0 Å². The van der Waals surface area contributed by atoms with E-state index in [2.05, 4.69) is 0 Å². The van der Waals surface area contributed by atoms with Gasteiger partial charge in [-0.15, -0.1) is 0 Å². The number of halogens is 4. The van der Waals surface area contributed by atoms with Crippen molar-refractivity contribution in [3.8, 4) is 0 Å². The molecule has 0 fully saturated rings. The lowest BCUT2D eigenvalue weighted by Crippen LogP contribution is -2.19. The van der Waals surface area contributed by atoms with Gasteiger partial charge in [-0.05, 0) is 70.8 Å². The third kappa shape index (κ3) is 7.94. The molecule has 0 saturated carbocycles. The topological polar surface area (TPSA) is 92.5 Å². The molecular formula is C28H26Cl4N2O2. The molecule has 0 amide bonds. The second kappa shape index (κ2) is 13.4. The molecular weight excluding hydrogens is 538 g/mol. The standard InChI is InChI=1S/2C14H13Cl2NO/c2*15-11-6-4-9(5-7-11)13(17)14(18)10-2-1-3-12(16)8-10/h2*1-8,13-14,18H,17H2/t2*13-,14-/m10/s1. The Labute approximate surface area is 231 Å². The van der Waals surface area contributed by atoms with Crippen LogP contribution in [0, 0.1) is 0 Å². The Hall–Kier alpha value is -2.12. The van der Waals surface area contributed by atoms with Crippen molar-refractivity contribution >= 4 is 46.4 Å². The average Bonchev–Trinajstić information content (AvgIpc) is 2.88. The minimum absolute atomic E-state index is 0.513. The Kier molecular flexibility index (Phi) is 10.6. The molecule has 0 spiro atoms. The minimum atomic E-state index is -0.801. The second-order valence-corrected chi connectivity index (χ2v) is 9.90. The zero-order valence-electron chi connectivity index (χ0n) is 19.1. The van der Waals surface area contributed by atoms with Crippen LogP contribution in [0.2, 0.25) is 20.1 Å². The van der Waals surface area contributed by atoms with Crippen molar-refractivity contribution in [1.82, 2.24) is 0 Å². The molecule has 0 bridgehead atoms. The van der Waals surface area contributed by atoms with Crippen molar-refractivity contribution in [2.24, 2.45) is 11.5 Å². The minimum Gasteiger partial charge on any atom is -0.386 e. The molecule has 8 heteroatoms. The van der Waals surface area contributed by atoms with E-state index in [1.165, 1.54) is 0 Å². The van der Waals surface area contributed by atoms with Crippen LogP contribution in [0.4, 0.5) is 0 Å². The Balaban J connectivity index is 0.000000201. The summed E-state index contributed by atoms with van der Waals surface area (Å²) in [5, 5.41) is 22.9. The number of aliphatic hydroxyl groups excluding tert-OH is 2. The molecule has 0 heterocycles. The number of hydrogen-bond acceptors (Lipinski definition) is 4. The molecule has 4 atom stereocenters. The van der Waals surface area contributed by atoms with Gasteiger partial charge in [0.25, 0.3) is 0 Å². The summed E-state index contributed by atoms with van der Waals surface area (Å²) in [7, 11) is 0. The van der Waals surface area contributed by atoms with E-state index in [0.717, 1.165) is 11.1 Å². The van der Waals surface area contributed by atoms with Gasteiger partial charge in [0.2, 0.25) is 0 Å². The summed E-state index contributed by atoms with van der Waals surface area (Å²) in [6, 6.07) is 27.3. The van der Waals surface area contributed by atoms with Crippen LogP contribution >= 0.6 is 46.4 Å². The van der Waals surface area contributed by atoms with Gasteiger partial charge in [0.15, 0.2) is 0 Å². The molecule has 0 aromatic heterocycles. The summed E-state index contributed by atoms with van der Waals surface area (Å²) in [5.41, 5.74) is 15.1. The first-order chi connectivity index (χ1) is 17.2. The Morgan fingerprint density at radius 2 is 0.778 bits per heavy atom. The highest BCUT2D eigenvalue weighted by atomic mass is 35.5. The van der Waals surface area contributed by atoms with Crippen molar-refractivity contribution in [3.05, 3.63) is 139 Å². The normalized spacial score (nSPS) is 14.2. The van der Waals surface area contributed by atoms with Crippen LogP contribution < -0.4 is 11.5 Å². The summed E-state index contributed by atoms with van der Waals surface area (Å²) in [4.78, 5) is 0. The number of hydrogen-bond donors (Lipinski definition) is 4. The van der Waals surface area contributed by atoms with Gasteiger partial charge in [-0.1, -0.05) is 94.9 Å². The van der Waals surface area contributed by atoms with E-state index < -0.39 is 24.3 Å². The average molecular weight is 564 g/mol. The zero-order chi connectivity index (χ0) is 26.2. The third-order valence-electron chi connectivity index (χ3n) is 5.57. The molecule has 0 aliphatic carbocycles. The highest BCUT2D eigenvalue weighted by Gasteiger charge is 2.20. The van der Waals surface area contributed by atoms with Crippen LogP contribution in [0.3, 0.4) is 0 Å². The van der Waals surface area contributed by atoms with Gasteiger partial charge in [-0.3, -0.25) is 0 Å². The largest absolute Gasteiger partial charge is 0.386 e. The van der Waals surface area contributed by atoms with Crippen LogP contribution in [-0.2, 0) is 0 Å². The van der Waals surface area contributed by atoms with Crippen LogP contribution in [-0.4, -0.2) is 10.2 Å². The summed E-state index contributed by atoms with van der Waals surface area (Å²) in [5.74, 6) is 0. The molecule has 4 nitrogen and oxygen atoms in total. The summed E-state index contributed by atoms with van der Waals surface area (Å²) >= 11 is 23.4. The highest BCUT2D eigenvalue weighted by molar-refractivity contribution is 6.31. The van der Waals surface area contributed by atoms with E-state index >= 15 is 0 Å². The molecule has 188 valence electrons. The zero-order valence-corrected chi connectivity index (χ0v) is 22.1. The van der Waals surface area contributed by atoms with Crippen molar-refractivity contribution in [1.29, 1.82) is 0 Å². The second-order valence-electron chi connectivity index (χ2n) is 8.15. The van der Waals surface area contributed by atoms with E-state index in [0.29, 0.717) is 31.2 Å². The maximum absolute atomic E-state index is 10.2. The van der Waals surface area contributed by atoms with E-state index in [4.69, 9.17) is 57.9 Å². The van der Waals surface area contributed by atoms with E-state index in [-0.39, 0.29) is 0 Å². The van der Waals surface area contributed by atoms with E-state index in [9.17, 15) is 10.2 Å². The van der Waals surface area contributed by atoms with Gasteiger partial charge in [0, 0.05) is 20.1 Å². The van der Waals surface area contributed by atoms with Crippen molar-refractivity contribution in [2.45, 2.75) is 24.3 Å². The number of rotatable bonds is 6. The van der Waals surface area contributed by atoms with Crippen molar-refractivity contribution < 1.29 is 10.2 Å². The fourth-order valence-electron chi connectivity index (χ4n) is 3.53. The fraction of sp³-hybridized carbons (Fsp3) is 0.143. The SMILES string of the molecule is N[C@@H](c1ccc(Cl)cc1)[C@@H](O)c1cccc(Cl)c1.N[C@H](c1ccc(Cl)cc1)[C@H](O)c1cccc(Cl)c1. The van der Waals surface area contributed by atoms with E-state index in [1.807, 2.05) is 0 Å². The first kappa shape index (κ1) is 28.5. The molecule has 0 aliphatic heterocycles. The molecule has 4 aromatic rings. The Morgan fingerprint density at radius 1 is 0.444 bits per heavy atom. The van der Waals surface area contributed by atoms with E-state index in [1.54, 1.807) is 97.1 Å². The Morgan fingerprint density at radius 3 is 1.08 bits per heavy atom. The lowest BCUT2D eigenvalue weighted by Gasteiger charge is -2.19. The predicted octanol–water partition coefficient (Wildman–Crippen LogP) is 7.45. The summed E-state index contributed by atoms with van der Waals surface area (Å²) in [6.45, 7) is 0. The maximum Gasteiger partial charge on any atom is 0.0983 e. The number of benzene rings is 4. The van der Waals surface area contributed by atoms with Crippen LogP contribution in [0.5, 0.6) is 0 Å². The smallest absolute Gasteiger partial charge is 0.0983 e. The fourth-order valence-corrected chi connectivity index (χ4v) is 4.18. The molecule has 4 rings (SSSR count). The van der Waals surface area contributed by atoms with Crippen molar-refractivity contribution in [3.63, 3.8) is 0 Å².